The Morgan fingerprint density at radius 1 is 1.47 bits per heavy atom. The van der Waals surface area contributed by atoms with Crippen LogP contribution in [0.2, 0.25) is 0 Å². The molecule has 0 amide bonds. The van der Waals surface area contributed by atoms with E-state index in [1.165, 1.54) is 5.56 Å². The number of carboxylic acid groups (broad SMARTS) is 1. The van der Waals surface area contributed by atoms with E-state index in [4.69, 9.17) is 0 Å². The van der Waals surface area contributed by atoms with E-state index in [0.717, 1.165) is 44.5 Å². The smallest absolute Gasteiger partial charge is 0.306 e. The first-order valence-corrected chi connectivity index (χ1v) is 7.02. The van der Waals surface area contributed by atoms with Crippen LogP contribution < -0.4 is 5.32 Å². The fraction of sp³-hybridized carbons (Fsp3) is 0.600. The second-order valence-corrected chi connectivity index (χ2v) is 5.39. The van der Waals surface area contributed by atoms with Gasteiger partial charge in [0.15, 0.2) is 0 Å². The minimum atomic E-state index is -0.638. The highest BCUT2D eigenvalue weighted by Crippen LogP contribution is 2.29. The lowest BCUT2D eigenvalue weighted by molar-refractivity contribution is -0.144. The summed E-state index contributed by atoms with van der Waals surface area (Å²) < 4.78 is 0. The van der Waals surface area contributed by atoms with Gasteiger partial charge in [0.1, 0.15) is 0 Å². The molecule has 19 heavy (non-hydrogen) atoms. The summed E-state index contributed by atoms with van der Waals surface area (Å²) in [6, 6.07) is 3.98. The van der Waals surface area contributed by atoms with E-state index < -0.39 is 5.97 Å². The van der Waals surface area contributed by atoms with Crippen molar-refractivity contribution >= 4 is 5.97 Å². The average Bonchev–Trinajstić information content (AvgIpc) is 2.41. The molecule has 2 rings (SSSR count). The Bertz CT molecular complexity index is 434. The highest BCUT2D eigenvalue weighted by Gasteiger charge is 2.30. The van der Waals surface area contributed by atoms with Crippen molar-refractivity contribution in [1.29, 1.82) is 0 Å². The lowest BCUT2D eigenvalue weighted by Crippen LogP contribution is -2.34. The Hall–Kier alpha value is -1.42. The fourth-order valence-electron chi connectivity index (χ4n) is 2.86. The van der Waals surface area contributed by atoms with E-state index in [1.807, 2.05) is 19.1 Å². The molecule has 2 atom stereocenters. The van der Waals surface area contributed by atoms with Gasteiger partial charge in [-0.3, -0.25) is 9.78 Å². The minimum Gasteiger partial charge on any atom is -0.481 e. The van der Waals surface area contributed by atoms with Gasteiger partial charge in [0.2, 0.25) is 0 Å². The van der Waals surface area contributed by atoms with Crippen LogP contribution in [0.4, 0.5) is 0 Å². The Labute approximate surface area is 114 Å². The fourth-order valence-corrected chi connectivity index (χ4v) is 2.86. The topological polar surface area (TPSA) is 62.2 Å². The number of hydrogen-bond donors (Lipinski definition) is 2. The number of aryl methyl sites for hydroxylation is 1. The van der Waals surface area contributed by atoms with E-state index in [0.29, 0.717) is 0 Å². The summed E-state index contributed by atoms with van der Waals surface area (Å²) in [6.07, 6.45) is 5.84. The first-order valence-electron chi connectivity index (χ1n) is 7.02. The highest BCUT2D eigenvalue weighted by atomic mass is 16.4. The van der Waals surface area contributed by atoms with Gasteiger partial charge in [-0.1, -0.05) is 18.9 Å². The number of rotatable bonds is 5. The molecule has 0 aliphatic heterocycles. The molecule has 4 heteroatoms. The van der Waals surface area contributed by atoms with Crippen molar-refractivity contribution in [1.82, 2.24) is 10.3 Å². The largest absolute Gasteiger partial charge is 0.481 e. The Morgan fingerprint density at radius 3 is 3.00 bits per heavy atom. The first-order chi connectivity index (χ1) is 9.18. The Kier molecular flexibility index (Phi) is 4.91. The summed E-state index contributed by atoms with van der Waals surface area (Å²) in [5.74, 6) is -0.554. The van der Waals surface area contributed by atoms with Crippen LogP contribution in [-0.4, -0.2) is 22.6 Å². The zero-order valence-electron chi connectivity index (χ0n) is 11.4. The predicted octanol–water partition coefficient (Wildman–Crippen LogP) is 2.37. The van der Waals surface area contributed by atoms with Gasteiger partial charge in [0.05, 0.1) is 11.6 Å². The second kappa shape index (κ2) is 6.66. The van der Waals surface area contributed by atoms with E-state index in [9.17, 15) is 9.90 Å². The SMILES string of the molecule is Cc1cccnc1CNCC1CCCCC1C(=O)O. The summed E-state index contributed by atoms with van der Waals surface area (Å²) in [5, 5.41) is 12.6. The van der Waals surface area contributed by atoms with Crippen LogP contribution in [-0.2, 0) is 11.3 Å². The van der Waals surface area contributed by atoms with Crippen LogP contribution in [0, 0.1) is 18.8 Å². The van der Waals surface area contributed by atoms with Gasteiger partial charge in [-0.25, -0.2) is 0 Å². The zero-order valence-corrected chi connectivity index (χ0v) is 11.4. The summed E-state index contributed by atoms with van der Waals surface area (Å²) >= 11 is 0. The maximum absolute atomic E-state index is 11.2. The van der Waals surface area contributed by atoms with Crippen LogP contribution in [0.25, 0.3) is 0 Å². The zero-order chi connectivity index (χ0) is 13.7. The van der Waals surface area contributed by atoms with Crippen molar-refractivity contribution in [3.63, 3.8) is 0 Å². The van der Waals surface area contributed by atoms with E-state index in [-0.39, 0.29) is 11.8 Å². The summed E-state index contributed by atoms with van der Waals surface area (Å²) in [4.78, 5) is 15.5. The van der Waals surface area contributed by atoms with Crippen molar-refractivity contribution in [3.05, 3.63) is 29.6 Å². The highest BCUT2D eigenvalue weighted by molar-refractivity contribution is 5.70. The first kappa shape index (κ1) is 14.0. The molecule has 0 radical (unpaired) electrons. The second-order valence-electron chi connectivity index (χ2n) is 5.39. The number of nitrogens with one attached hydrogen (secondary N) is 1. The molecular weight excluding hydrogens is 240 g/mol. The monoisotopic (exact) mass is 262 g/mol. The van der Waals surface area contributed by atoms with E-state index >= 15 is 0 Å². The van der Waals surface area contributed by atoms with Crippen molar-refractivity contribution in [2.24, 2.45) is 11.8 Å². The van der Waals surface area contributed by atoms with E-state index in [1.54, 1.807) is 6.20 Å². The molecule has 1 heterocycles. The lowest BCUT2D eigenvalue weighted by atomic mass is 9.79. The number of pyridine rings is 1. The molecule has 1 aliphatic carbocycles. The number of carboxylic acids is 1. The van der Waals surface area contributed by atoms with Crippen molar-refractivity contribution in [2.45, 2.75) is 39.2 Å². The molecule has 1 aromatic rings. The molecule has 1 aliphatic rings. The minimum absolute atomic E-state index is 0.175. The van der Waals surface area contributed by atoms with E-state index in [2.05, 4.69) is 10.3 Å². The van der Waals surface area contributed by atoms with Gasteiger partial charge in [-0.15, -0.1) is 0 Å². The number of hydrogen-bond acceptors (Lipinski definition) is 3. The third-order valence-electron chi connectivity index (χ3n) is 4.04. The normalized spacial score (nSPS) is 23.2. The standard InChI is InChI=1S/C15H22N2O2/c1-11-5-4-8-17-14(11)10-16-9-12-6-2-3-7-13(12)15(18)19/h4-5,8,12-13,16H,2-3,6-7,9-10H2,1H3,(H,18,19). The summed E-state index contributed by atoms with van der Waals surface area (Å²) in [6.45, 7) is 3.53. The molecule has 1 fully saturated rings. The molecule has 2 N–H and O–H groups in total. The number of nitrogens with zero attached hydrogens (tertiary/aromatic N) is 1. The van der Waals surface area contributed by atoms with Crippen molar-refractivity contribution < 1.29 is 9.90 Å². The van der Waals surface area contributed by atoms with Crippen LogP contribution >= 0.6 is 0 Å². The number of aromatic nitrogens is 1. The molecule has 2 unspecified atom stereocenters. The predicted molar refractivity (Wildman–Crippen MR) is 73.8 cm³/mol. The van der Waals surface area contributed by atoms with Crippen LogP contribution in [0.1, 0.15) is 36.9 Å². The quantitative estimate of drug-likeness (QED) is 0.855. The Balaban J connectivity index is 1.84. The van der Waals surface area contributed by atoms with Crippen LogP contribution in [0.5, 0.6) is 0 Å². The van der Waals surface area contributed by atoms with Gasteiger partial charge < -0.3 is 10.4 Å². The molecule has 1 aromatic heterocycles. The number of aliphatic carboxylic acids is 1. The summed E-state index contributed by atoms with van der Waals surface area (Å²) in [5.41, 5.74) is 2.22. The maximum atomic E-state index is 11.2. The molecular formula is C15H22N2O2. The van der Waals surface area contributed by atoms with Gasteiger partial charge in [-0.05, 0) is 43.9 Å². The molecule has 0 spiro atoms. The maximum Gasteiger partial charge on any atom is 0.306 e. The van der Waals surface area contributed by atoms with Crippen molar-refractivity contribution in [3.8, 4) is 0 Å². The number of carbonyl (C=O) groups is 1. The van der Waals surface area contributed by atoms with Gasteiger partial charge >= 0.3 is 5.97 Å². The molecule has 1 saturated carbocycles. The molecule has 0 aromatic carbocycles. The third-order valence-corrected chi connectivity index (χ3v) is 4.04. The molecule has 104 valence electrons. The van der Waals surface area contributed by atoms with Gasteiger partial charge in [0, 0.05) is 12.7 Å². The van der Waals surface area contributed by atoms with Crippen LogP contribution in [0.15, 0.2) is 18.3 Å². The third kappa shape index (κ3) is 3.77. The van der Waals surface area contributed by atoms with Gasteiger partial charge in [0.25, 0.3) is 0 Å². The average molecular weight is 262 g/mol. The van der Waals surface area contributed by atoms with Crippen molar-refractivity contribution in [2.75, 3.05) is 6.54 Å². The molecule has 0 saturated heterocycles. The lowest BCUT2D eigenvalue weighted by Gasteiger charge is -2.28. The Morgan fingerprint density at radius 2 is 2.26 bits per heavy atom. The summed E-state index contributed by atoms with van der Waals surface area (Å²) in [7, 11) is 0. The molecule has 4 nitrogen and oxygen atoms in total. The van der Waals surface area contributed by atoms with Crippen LogP contribution in [0.3, 0.4) is 0 Å². The molecule has 0 bridgehead atoms. The van der Waals surface area contributed by atoms with Gasteiger partial charge in [-0.2, -0.15) is 0 Å².